The molecule has 0 aliphatic heterocycles. The average Bonchev–Trinajstić information content (AvgIpc) is 2.83. The first-order chi connectivity index (χ1) is 9.86. The third kappa shape index (κ3) is 4.60. The zero-order chi connectivity index (χ0) is 15.5. The number of hydrogen-bond donors (Lipinski definition) is 2. The van der Waals surface area contributed by atoms with E-state index in [2.05, 4.69) is 10.3 Å². The third-order valence-electron chi connectivity index (χ3n) is 3.00. The smallest absolute Gasteiger partial charge is 0.175 e. The number of aromatic nitrogens is 1. The van der Waals surface area contributed by atoms with Gasteiger partial charge in [0.15, 0.2) is 9.84 Å². The number of nitrogens with one attached hydrogen (secondary N) is 1. The van der Waals surface area contributed by atoms with Crippen molar-refractivity contribution in [1.29, 1.82) is 0 Å². The summed E-state index contributed by atoms with van der Waals surface area (Å²) in [6.45, 7) is 2.93. The fourth-order valence-electron chi connectivity index (χ4n) is 1.88. The fraction of sp³-hybridized carbons (Fsp3) is 0.357. The Morgan fingerprint density at radius 1 is 1.33 bits per heavy atom. The second-order valence-corrected chi connectivity index (χ2v) is 7.92. The van der Waals surface area contributed by atoms with Gasteiger partial charge in [-0.05, 0) is 24.6 Å². The molecule has 21 heavy (non-hydrogen) atoms. The van der Waals surface area contributed by atoms with E-state index in [1.54, 1.807) is 23.5 Å². The van der Waals surface area contributed by atoms with Crippen molar-refractivity contribution in [3.8, 4) is 0 Å². The van der Waals surface area contributed by atoms with Gasteiger partial charge < -0.3 is 10.4 Å². The van der Waals surface area contributed by atoms with Crippen molar-refractivity contribution in [2.24, 2.45) is 0 Å². The Kier molecular flexibility index (Phi) is 5.10. The quantitative estimate of drug-likeness (QED) is 0.844. The number of nitrogens with zero attached hydrogens (tertiary/aromatic N) is 1. The lowest BCUT2D eigenvalue weighted by atomic mass is 10.1. The van der Waals surface area contributed by atoms with Crippen LogP contribution in [-0.4, -0.2) is 31.3 Å². The van der Waals surface area contributed by atoms with Crippen LogP contribution in [0.25, 0.3) is 0 Å². The minimum atomic E-state index is -3.20. The highest BCUT2D eigenvalue weighted by Gasteiger charge is 2.10. The molecule has 2 rings (SSSR count). The van der Waals surface area contributed by atoms with Gasteiger partial charge in [0.2, 0.25) is 0 Å². The molecule has 0 aliphatic rings. The lowest BCUT2D eigenvalue weighted by molar-refractivity contribution is 0.174. The number of thiazole rings is 1. The van der Waals surface area contributed by atoms with Crippen molar-refractivity contribution in [2.75, 3.05) is 12.8 Å². The van der Waals surface area contributed by atoms with Crippen LogP contribution in [-0.2, 0) is 16.4 Å². The van der Waals surface area contributed by atoms with Gasteiger partial charge in [0.25, 0.3) is 0 Å². The van der Waals surface area contributed by atoms with Crippen molar-refractivity contribution < 1.29 is 13.5 Å². The van der Waals surface area contributed by atoms with Crippen LogP contribution in [0, 0.1) is 6.92 Å². The van der Waals surface area contributed by atoms with E-state index in [1.807, 2.05) is 12.3 Å². The van der Waals surface area contributed by atoms with E-state index in [4.69, 9.17) is 0 Å². The highest BCUT2D eigenvalue weighted by molar-refractivity contribution is 7.90. The summed E-state index contributed by atoms with van der Waals surface area (Å²) < 4.78 is 22.7. The van der Waals surface area contributed by atoms with Gasteiger partial charge in [0.05, 0.1) is 21.7 Å². The van der Waals surface area contributed by atoms with Crippen LogP contribution >= 0.6 is 11.3 Å². The first-order valence-corrected chi connectivity index (χ1v) is 9.23. The van der Waals surface area contributed by atoms with Crippen molar-refractivity contribution in [3.63, 3.8) is 0 Å². The molecule has 0 saturated heterocycles. The van der Waals surface area contributed by atoms with Gasteiger partial charge in [0.1, 0.15) is 0 Å². The summed E-state index contributed by atoms with van der Waals surface area (Å²) in [4.78, 5) is 4.58. The van der Waals surface area contributed by atoms with E-state index < -0.39 is 15.9 Å². The van der Waals surface area contributed by atoms with Gasteiger partial charge in [-0.3, -0.25) is 0 Å². The lowest BCUT2D eigenvalue weighted by Gasteiger charge is -2.12. The first-order valence-electron chi connectivity index (χ1n) is 6.46. The van der Waals surface area contributed by atoms with Crippen LogP contribution in [0.3, 0.4) is 0 Å². The Labute approximate surface area is 128 Å². The number of hydrogen-bond acceptors (Lipinski definition) is 6. The van der Waals surface area contributed by atoms with E-state index >= 15 is 0 Å². The highest BCUT2D eigenvalue weighted by atomic mass is 32.2. The summed E-state index contributed by atoms with van der Waals surface area (Å²) >= 11 is 1.59. The van der Waals surface area contributed by atoms with Gasteiger partial charge >= 0.3 is 0 Å². The van der Waals surface area contributed by atoms with Gasteiger partial charge in [0, 0.05) is 24.7 Å². The summed E-state index contributed by atoms with van der Waals surface area (Å²) in [7, 11) is -3.20. The monoisotopic (exact) mass is 326 g/mol. The van der Waals surface area contributed by atoms with Crippen LogP contribution in [0.2, 0.25) is 0 Å². The molecule has 2 aromatic rings. The van der Waals surface area contributed by atoms with Crippen LogP contribution in [0.5, 0.6) is 0 Å². The molecule has 0 fully saturated rings. The number of rotatable bonds is 6. The highest BCUT2D eigenvalue weighted by Crippen LogP contribution is 2.16. The van der Waals surface area contributed by atoms with Gasteiger partial charge in [-0.15, -0.1) is 11.3 Å². The molecule has 0 saturated carbocycles. The maximum absolute atomic E-state index is 11.4. The molecule has 1 unspecified atom stereocenters. The average molecular weight is 326 g/mol. The molecule has 114 valence electrons. The predicted molar refractivity (Wildman–Crippen MR) is 83.1 cm³/mol. The van der Waals surface area contributed by atoms with E-state index in [0.29, 0.717) is 18.7 Å². The predicted octanol–water partition coefficient (Wildman–Crippen LogP) is 1.68. The first kappa shape index (κ1) is 16.1. The molecule has 0 bridgehead atoms. The summed E-state index contributed by atoms with van der Waals surface area (Å²) in [5, 5.41) is 16.2. The summed E-state index contributed by atoms with van der Waals surface area (Å²) in [6.07, 6.45) is 0.480. The maximum atomic E-state index is 11.4. The molecule has 0 aliphatic carbocycles. The Balaban J connectivity index is 1.89. The van der Waals surface area contributed by atoms with E-state index in [0.717, 1.165) is 17.0 Å². The normalized spacial score (nSPS) is 13.3. The number of sulfone groups is 1. The summed E-state index contributed by atoms with van der Waals surface area (Å²) in [5.41, 5.74) is 1.64. The molecule has 5 nitrogen and oxygen atoms in total. The molecular weight excluding hydrogens is 308 g/mol. The van der Waals surface area contributed by atoms with E-state index in [9.17, 15) is 13.5 Å². The maximum Gasteiger partial charge on any atom is 0.175 e. The Bertz CT molecular complexity index is 693. The molecule has 1 aromatic heterocycles. The SMILES string of the molecule is Cc1nc(CNCC(O)c2ccc(S(C)(=O)=O)cc2)cs1. The third-order valence-corrected chi connectivity index (χ3v) is 4.95. The van der Waals surface area contributed by atoms with E-state index in [-0.39, 0.29) is 4.90 Å². The molecule has 0 amide bonds. The molecule has 1 aromatic carbocycles. The van der Waals surface area contributed by atoms with Gasteiger partial charge in [-0.2, -0.15) is 0 Å². The minimum Gasteiger partial charge on any atom is -0.387 e. The van der Waals surface area contributed by atoms with Crippen molar-refractivity contribution in [3.05, 3.63) is 45.9 Å². The molecule has 1 atom stereocenters. The standard InChI is InChI=1S/C14H18N2O3S2/c1-10-16-12(9-20-10)7-15-8-14(17)11-3-5-13(6-4-11)21(2,18)19/h3-6,9,14-15,17H,7-8H2,1-2H3. The molecule has 0 spiro atoms. The fourth-order valence-corrected chi connectivity index (χ4v) is 3.12. The van der Waals surface area contributed by atoms with Crippen molar-refractivity contribution in [1.82, 2.24) is 10.3 Å². The topological polar surface area (TPSA) is 79.3 Å². The number of aliphatic hydroxyl groups excluding tert-OH is 1. The lowest BCUT2D eigenvalue weighted by Crippen LogP contribution is -2.21. The minimum absolute atomic E-state index is 0.254. The molecule has 2 N–H and O–H groups in total. The summed E-state index contributed by atoms with van der Waals surface area (Å²) in [6, 6.07) is 6.29. The zero-order valence-electron chi connectivity index (χ0n) is 11.9. The number of aryl methyl sites for hydroxylation is 1. The zero-order valence-corrected chi connectivity index (χ0v) is 13.5. The molecule has 0 radical (unpaired) electrons. The molecular formula is C14H18N2O3S2. The number of benzene rings is 1. The second-order valence-electron chi connectivity index (χ2n) is 4.85. The van der Waals surface area contributed by atoms with Crippen LogP contribution in [0.15, 0.2) is 34.5 Å². The van der Waals surface area contributed by atoms with Crippen molar-refractivity contribution >= 4 is 21.2 Å². The Morgan fingerprint density at radius 3 is 2.52 bits per heavy atom. The van der Waals surface area contributed by atoms with Crippen LogP contribution in [0.4, 0.5) is 0 Å². The largest absolute Gasteiger partial charge is 0.387 e. The van der Waals surface area contributed by atoms with Gasteiger partial charge in [-0.25, -0.2) is 13.4 Å². The number of aliphatic hydroxyl groups is 1. The summed E-state index contributed by atoms with van der Waals surface area (Å²) in [5.74, 6) is 0. The van der Waals surface area contributed by atoms with Crippen LogP contribution < -0.4 is 5.32 Å². The Morgan fingerprint density at radius 2 is 2.00 bits per heavy atom. The van der Waals surface area contributed by atoms with Crippen molar-refractivity contribution in [2.45, 2.75) is 24.5 Å². The van der Waals surface area contributed by atoms with Crippen LogP contribution in [0.1, 0.15) is 22.4 Å². The van der Waals surface area contributed by atoms with E-state index in [1.165, 1.54) is 12.1 Å². The second kappa shape index (κ2) is 6.65. The molecule has 1 heterocycles. The Hall–Kier alpha value is -1.28. The van der Waals surface area contributed by atoms with Gasteiger partial charge in [-0.1, -0.05) is 12.1 Å². The molecule has 7 heteroatoms.